The minimum Gasteiger partial charge on any atom is -0.481 e. The Bertz CT molecular complexity index is 549. The van der Waals surface area contributed by atoms with Gasteiger partial charge in [0, 0.05) is 6.54 Å². The number of benzene rings is 2. The fraction of sp³-hybridized carbons (Fsp3) is 0.235. The van der Waals surface area contributed by atoms with E-state index in [0.29, 0.717) is 12.3 Å². The standard InChI is InChI=1S/C17H19NO2/c1-3-18-17(19)13(2)20-16-11-9-15(10-12-16)14-7-5-4-6-8-14/h4-13H,3H2,1-2H3,(H,18,19). The fourth-order valence-corrected chi connectivity index (χ4v) is 1.93. The van der Waals surface area contributed by atoms with Crippen LogP contribution in [0.1, 0.15) is 13.8 Å². The lowest BCUT2D eigenvalue weighted by Crippen LogP contribution is -2.36. The second kappa shape index (κ2) is 6.75. The van der Waals surface area contributed by atoms with Gasteiger partial charge in [-0.1, -0.05) is 42.5 Å². The zero-order valence-electron chi connectivity index (χ0n) is 11.8. The number of hydrogen-bond donors (Lipinski definition) is 1. The number of rotatable bonds is 5. The maximum atomic E-state index is 11.6. The Morgan fingerprint density at radius 3 is 2.25 bits per heavy atom. The minimum absolute atomic E-state index is 0.0976. The zero-order valence-corrected chi connectivity index (χ0v) is 11.8. The molecule has 0 saturated carbocycles. The molecule has 2 rings (SSSR count). The molecule has 0 aliphatic carbocycles. The van der Waals surface area contributed by atoms with Crippen LogP contribution in [0.25, 0.3) is 11.1 Å². The van der Waals surface area contributed by atoms with Crippen LogP contribution in [-0.4, -0.2) is 18.6 Å². The van der Waals surface area contributed by atoms with Crippen LogP contribution in [0.15, 0.2) is 54.6 Å². The van der Waals surface area contributed by atoms with Gasteiger partial charge in [0.05, 0.1) is 0 Å². The lowest BCUT2D eigenvalue weighted by molar-refractivity contribution is -0.127. The summed E-state index contributed by atoms with van der Waals surface area (Å²) in [6, 6.07) is 17.9. The third-order valence-corrected chi connectivity index (χ3v) is 2.99. The predicted molar refractivity (Wildman–Crippen MR) is 80.7 cm³/mol. The molecule has 2 aromatic carbocycles. The van der Waals surface area contributed by atoms with Gasteiger partial charge in [0.15, 0.2) is 6.10 Å². The van der Waals surface area contributed by atoms with E-state index in [9.17, 15) is 4.79 Å². The van der Waals surface area contributed by atoms with Crippen molar-refractivity contribution < 1.29 is 9.53 Å². The smallest absolute Gasteiger partial charge is 0.260 e. The number of amides is 1. The molecule has 2 aromatic rings. The molecule has 0 radical (unpaired) electrons. The summed E-state index contributed by atoms with van der Waals surface area (Å²) in [6.45, 7) is 4.24. The highest BCUT2D eigenvalue weighted by Crippen LogP contribution is 2.22. The van der Waals surface area contributed by atoms with Crippen LogP contribution in [0.2, 0.25) is 0 Å². The number of hydrogen-bond acceptors (Lipinski definition) is 2. The lowest BCUT2D eigenvalue weighted by Gasteiger charge is -2.14. The van der Waals surface area contributed by atoms with E-state index in [1.807, 2.05) is 49.4 Å². The number of carbonyl (C=O) groups excluding carboxylic acids is 1. The summed E-state index contributed by atoms with van der Waals surface area (Å²) in [7, 11) is 0. The van der Waals surface area contributed by atoms with Crippen LogP contribution in [-0.2, 0) is 4.79 Å². The van der Waals surface area contributed by atoms with Gasteiger partial charge in [-0.25, -0.2) is 0 Å². The molecule has 0 aliphatic rings. The number of nitrogens with one attached hydrogen (secondary N) is 1. The minimum atomic E-state index is -0.488. The average Bonchev–Trinajstić information content (AvgIpc) is 2.49. The maximum absolute atomic E-state index is 11.6. The SMILES string of the molecule is CCNC(=O)C(C)Oc1ccc(-c2ccccc2)cc1. The largest absolute Gasteiger partial charge is 0.481 e. The molecule has 104 valence electrons. The van der Waals surface area contributed by atoms with Gasteiger partial charge < -0.3 is 10.1 Å². The average molecular weight is 269 g/mol. The molecule has 0 bridgehead atoms. The summed E-state index contributed by atoms with van der Waals surface area (Å²) in [5, 5.41) is 2.74. The van der Waals surface area contributed by atoms with E-state index in [4.69, 9.17) is 4.74 Å². The van der Waals surface area contributed by atoms with Gasteiger partial charge in [0.25, 0.3) is 5.91 Å². The molecule has 1 unspecified atom stereocenters. The van der Waals surface area contributed by atoms with Gasteiger partial charge >= 0.3 is 0 Å². The fourth-order valence-electron chi connectivity index (χ4n) is 1.93. The van der Waals surface area contributed by atoms with Gasteiger partial charge in [-0.3, -0.25) is 4.79 Å². The number of likely N-dealkylation sites (N-methyl/N-ethyl adjacent to an activating group) is 1. The molecular weight excluding hydrogens is 250 g/mol. The first-order valence-electron chi connectivity index (χ1n) is 6.80. The van der Waals surface area contributed by atoms with E-state index in [2.05, 4.69) is 17.4 Å². The van der Waals surface area contributed by atoms with Gasteiger partial charge in [0.1, 0.15) is 5.75 Å². The first-order chi connectivity index (χ1) is 9.70. The molecule has 3 heteroatoms. The van der Waals surface area contributed by atoms with Crippen LogP contribution in [0.3, 0.4) is 0 Å². The van der Waals surface area contributed by atoms with Crippen LogP contribution in [0.4, 0.5) is 0 Å². The van der Waals surface area contributed by atoms with Crippen LogP contribution in [0.5, 0.6) is 5.75 Å². The van der Waals surface area contributed by atoms with E-state index in [-0.39, 0.29) is 5.91 Å². The Morgan fingerprint density at radius 2 is 1.65 bits per heavy atom. The topological polar surface area (TPSA) is 38.3 Å². The van der Waals surface area contributed by atoms with E-state index in [1.165, 1.54) is 0 Å². The van der Waals surface area contributed by atoms with Crippen molar-refractivity contribution in [3.8, 4) is 16.9 Å². The molecule has 0 aromatic heterocycles. The van der Waals surface area contributed by atoms with Gasteiger partial charge in [0.2, 0.25) is 0 Å². The molecule has 0 aliphatic heterocycles. The highest BCUT2D eigenvalue weighted by atomic mass is 16.5. The van der Waals surface area contributed by atoms with Crippen molar-refractivity contribution in [3.63, 3.8) is 0 Å². The third kappa shape index (κ3) is 3.60. The second-order valence-electron chi connectivity index (χ2n) is 4.55. The molecule has 1 N–H and O–H groups in total. The summed E-state index contributed by atoms with van der Waals surface area (Å²) in [6.07, 6.45) is -0.488. The highest BCUT2D eigenvalue weighted by Gasteiger charge is 2.13. The summed E-state index contributed by atoms with van der Waals surface area (Å²) >= 11 is 0. The van der Waals surface area contributed by atoms with Crippen molar-refractivity contribution in [3.05, 3.63) is 54.6 Å². The van der Waals surface area contributed by atoms with Gasteiger partial charge in [-0.15, -0.1) is 0 Å². The summed E-state index contributed by atoms with van der Waals surface area (Å²) in [4.78, 5) is 11.6. The molecule has 0 fully saturated rings. The molecule has 0 spiro atoms. The Balaban J connectivity index is 2.04. The van der Waals surface area contributed by atoms with Crippen molar-refractivity contribution in [2.75, 3.05) is 6.54 Å². The summed E-state index contributed by atoms with van der Waals surface area (Å²) in [5.41, 5.74) is 2.29. The Labute approximate surface area is 119 Å². The van der Waals surface area contributed by atoms with Crippen LogP contribution in [0, 0.1) is 0 Å². The van der Waals surface area contributed by atoms with Crippen molar-refractivity contribution >= 4 is 5.91 Å². The first-order valence-corrected chi connectivity index (χ1v) is 6.80. The van der Waals surface area contributed by atoms with Crippen molar-refractivity contribution in [1.29, 1.82) is 0 Å². The molecule has 20 heavy (non-hydrogen) atoms. The monoisotopic (exact) mass is 269 g/mol. The van der Waals surface area contributed by atoms with Crippen LogP contribution < -0.4 is 10.1 Å². The van der Waals surface area contributed by atoms with Gasteiger partial charge in [-0.2, -0.15) is 0 Å². The normalized spacial score (nSPS) is 11.7. The molecular formula is C17H19NO2. The Kier molecular flexibility index (Phi) is 4.77. The first kappa shape index (κ1) is 14.1. The van der Waals surface area contributed by atoms with E-state index < -0.39 is 6.10 Å². The predicted octanol–water partition coefficient (Wildman–Crippen LogP) is 3.26. The zero-order chi connectivity index (χ0) is 14.4. The van der Waals surface area contributed by atoms with Gasteiger partial charge in [-0.05, 0) is 37.1 Å². The van der Waals surface area contributed by atoms with Crippen molar-refractivity contribution in [2.45, 2.75) is 20.0 Å². The van der Waals surface area contributed by atoms with Crippen molar-refractivity contribution in [2.24, 2.45) is 0 Å². The summed E-state index contributed by atoms with van der Waals surface area (Å²) in [5.74, 6) is 0.600. The number of carbonyl (C=O) groups is 1. The third-order valence-electron chi connectivity index (χ3n) is 2.99. The van der Waals surface area contributed by atoms with E-state index in [0.717, 1.165) is 11.1 Å². The lowest BCUT2D eigenvalue weighted by atomic mass is 10.1. The Morgan fingerprint density at radius 1 is 1.05 bits per heavy atom. The molecule has 1 atom stereocenters. The molecule has 0 saturated heterocycles. The molecule has 1 amide bonds. The second-order valence-corrected chi connectivity index (χ2v) is 4.55. The quantitative estimate of drug-likeness (QED) is 0.904. The van der Waals surface area contributed by atoms with E-state index >= 15 is 0 Å². The molecule has 3 nitrogen and oxygen atoms in total. The summed E-state index contributed by atoms with van der Waals surface area (Å²) < 4.78 is 5.61. The maximum Gasteiger partial charge on any atom is 0.260 e. The van der Waals surface area contributed by atoms with Crippen molar-refractivity contribution in [1.82, 2.24) is 5.32 Å². The highest BCUT2D eigenvalue weighted by molar-refractivity contribution is 5.80. The Hall–Kier alpha value is -2.29. The van der Waals surface area contributed by atoms with E-state index in [1.54, 1.807) is 6.92 Å². The molecule has 0 heterocycles. The van der Waals surface area contributed by atoms with Crippen LogP contribution >= 0.6 is 0 Å². The number of ether oxygens (including phenoxy) is 1.